The molecule has 0 aliphatic heterocycles. The van der Waals surface area contributed by atoms with E-state index >= 15 is 0 Å². The van der Waals surface area contributed by atoms with Crippen LogP contribution < -0.4 is 10.6 Å². The summed E-state index contributed by atoms with van der Waals surface area (Å²) in [6, 6.07) is 15.9. The minimum absolute atomic E-state index is 0.496. The van der Waals surface area contributed by atoms with Gasteiger partial charge >= 0.3 is 0 Å². The van der Waals surface area contributed by atoms with E-state index in [0.29, 0.717) is 16.8 Å². The van der Waals surface area contributed by atoms with Gasteiger partial charge < -0.3 is 10.6 Å². The van der Waals surface area contributed by atoms with E-state index in [4.69, 9.17) is 11.6 Å². The van der Waals surface area contributed by atoms with Gasteiger partial charge in [0, 0.05) is 17.3 Å². The van der Waals surface area contributed by atoms with Gasteiger partial charge in [-0.05, 0) is 36.6 Å². The smallest absolute Gasteiger partial charge is 0.244 e. The molecule has 0 bridgehead atoms. The number of nitrogens with zero attached hydrogens (tertiary/aromatic N) is 3. The number of nitrogens with one attached hydrogen (secondary N) is 2. The summed E-state index contributed by atoms with van der Waals surface area (Å²) in [5.74, 6) is 1.12. The quantitative estimate of drug-likeness (QED) is 0.703. The molecule has 6 heteroatoms. The predicted molar refractivity (Wildman–Crippen MR) is 97.9 cm³/mol. The third-order valence-corrected chi connectivity index (χ3v) is 3.80. The molecule has 0 amide bonds. The van der Waals surface area contributed by atoms with Gasteiger partial charge in [0.25, 0.3) is 0 Å². The molecule has 0 radical (unpaired) electrons. The van der Waals surface area contributed by atoms with E-state index in [9.17, 15) is 0 Å². The van der Waals surface area contributed by atoms with Crippen molar-refractivity contribution < 1.29 is 0 Å². The molecule has 0 spiro atoms. The molecule has 5 nitrogen and oxygen atoms in total. The fourth-order valence-corrected chi connectivity index (χ4v) is 2.44. The lowest BCUT2D eigenvalue weighted by molar-refractivity contribution is 0.929. The van der Waals surface area contributed by atoms with Crippen molar-refractivity contribution in [2.24, 2.45) is 0 Å². The summed E-state index contributed by atoms with van der Waals surface area (Å²) in [5.41, 5.74) is 3.25. The molecule has 0 aliphatic carbocycles. The van der Waals surface area contributed by atoms with Crippen LogP contribution in [-0.2, 0) is 6.42 Å². The van der Waals surface area contributed by atoms with Crippen molar-refractivity contribution >= 4 is 29.1 Å². The Morgan fingerprint density at radius 1 is 1.08 bits per heavy atom. The van der Waals surface area contributed by atoms with Gasteiger partial charge in [-0.25, -0.2) is 0 Å². The van der Waals surface area contributed by atoms with Crippen LogP contribution in [0.5, 0.6) is 0 Å². The number of hydrogen-bond acceptors (Lipinski definition) is 5. The largest absolute Gasteiger partial charge is 0.353 e. The van der Waals surface area contributed by atoms with Crippen molar-refractivity contribution in [2.45, 2.75) is 13.3 Å². The Morgan fingerprint density at radius 3 is 2.75 bits per heavy atom. The van der Waals surface area contributed by atoms with E-state index in [0.717, 1.165) is 24.2 Å². The minimum atomic E-state index is 0.496. The SMILES string of the molecule is Cc1ccc(Cl)cc1Nc1cnnc(NCCc2ccccc2)n1. The molecule has 2 N–H and O–H groups in total. The van der Waals surface area contributed by atoms with Gasteiger partial charge in [0.1, 0.15) is 0 Å². The van der Waals surface area contributed by atoms with Crippen LogP contribution in [0.2, 0.25) is 5.02 Å². The Hall–Kier alpha value is -2.66. The standard InChI is InChI=1S/C18H18ClN5/c1-13-7-8-15(19)11-16(13)22-17-12-21-24-18(23-17)20-10-9-14-5-3-2-4-6-14/h2-8,11-12H,9-10H2,1H3,(H2,20,22,23,24). The van der Waals surface area contributed by atoms with Crippen LogP contribution in [0, 0.1) is 6.92 Å². The van der Waals surface area contributed by atoms with E-state index in [1.807, 2.05) is 43.3 Å². The van der Waals surface area contributed by atoms with Crippen LogP contribution in [0.15, 0.2) is 54.7 Å². The lowest BCUT2D eigenvalue weighted by Crippen LogP contribution is -2.09. The van der Waals surface area contributed by atoms with E-state index in [1.165, 1.54) is 5.56 Å². The van der Waals surface area contributed by atoms with Crippen molar-refractivity contribution in [2.75, 3.05) is 17.2 Å². The zero-order valence-electron chi connectivity index (χ0n) is 13.3. The maximum Gasteiger partial charge on any atom is 0.244 e. The summed E-state index contributed by atoms with van der Waals surface area (Å²) in [7, 11) is 0. The fraction of sp³-hybridized carbons (Fsp3) is 0.167. The molecule has 24 heavy (non-hydrogen) atoms. The summed E-state index contributed by atoms with van der Waals surface area (Å²) < 4.78 is 0. The molecule has 0 fully saturated rings. The Balaban J connectivity index is 1.62. The van der Waals surface area contributed by atoms with Crippen molar-refractivity contribution in [3.63, 3.8) is 0 Å². The Kier molecular flexibility index (Phi) is 5.23. The molecule has 3 aromatic rings. The highest BCUT2D eigenvalue weighted by Crippen LogP contribution is 2.23. The van der Waals surface area contributed by atoms with Gasteiger partial charge in [0.15, 0.2) is 5.82 Å². The normalized spacial score (nSPS) is 10.4. The average Bonchev–Trinajstić information content (AvgIpc) is 2.60. The zero-order chi connectivity index (χ0) is 16.8. The number of aromatic nitrogens is 3. The van der Waals surface area contributed by atoms with Crippen LogP contribution >= 0.6 is 11.6 Å². The molecule has 0 aliphatic rings. The van der Waals surface area contributed by atoms with Crippen LogP contribution in [0.3, 0.4) is 0 Å². The zero-order valence-corrected chi connectivity index (χ0v) is 14.1. The number of halogens is 1. The van der Waals surface area contributed by atoms with Crippen molar-refractivity contribution in [1.82, 2.24) is 15.2 Å². The average molecular weight is 340 g/mol. The monoisotopic (exact) mass is 339 g/mol. The first-order valence-corrected chi connectivity index (χ1v) is 8.09. The highest BCUT2D eigenvalue weighted by Gasteiger charge is 2.04. The fourth-order valence-electron chi connectivity index (χ4n) is 2.27. The van der Waals surface area contributed by atoms with Crippen molar-refractivity contribution in [3.8, 4) is 0 Å². The highest BCUT2D eigenvalue weighted by atomic mass is 35.5. The molecule has 0 atom stereocenters. The van der Waals surface area contributed by atoms with Gasteiger partial charge in [0.2, 0.25) is 5.95 Å². The number of aryl methyl sites for hydroxylation is 1. The van der Waals surface area contributed by atoms with Crippen LogP contribution in [0.25, 0.3) is 0 Å². The van der Waals surface area contributed by atoms with Gasteiger partial charge in [0.05, 0.1) is 6.20 Å². The Morgan fingerprint density at radius 2 is 1.92 bits per heavy atom. The van der Waals surface area contributed by atoms with Crippen LogP contribution in [0.4, 0.5) is 17.5 Å². The number of hydrogen-bond donors (Lipinski definition) is 2. The second-order valence-corrected chi connectivity index (χ2v) is 5.85. The molecular formula is C18H18ClN5. The van der Waals surface area contributed by atoms with Gasteiger partial charge in [-0.15, -0.1) is 5.10 Å². The first kappa shape index (κ1) is 16.2. The number of rotatable bonds is 6. The van der Waals surface area contributed by atoms with Crippen LogP contribution in [-0.4, -0.2) is 21.7 Å². The van der Waals surface area contributed by atoms with Crippen molar-refractivity contribution in [3.05, 3.63) is 70.9 Å². The molecule has 0 saturated carbocycles. The minimum Gasteiger partial charge on any atom is -0.353 e. The van der Waals surface area contributed by atoms with E-state index in [-0.39, 0.29) is 0 Å². The Labute approximate surface area is 146 Å². The third-order valence-electron chi connectivity index (χ3n) is 3.56. The van der Waals surface area contributed by atoms with Crippen LogP contribution in [0.1, 0.15) is 11.1 Å². The summed E-state index contributed by atoms with van der Waals surface area (Å²) in [5, 5.41) is 15.1. The molecule has 3 rings (SSSR count). The number of benzene rings is 2. The topological polar surface area (TPSA) is 62.7 Å². The summed E-state index contributed by atoms with van der Waals surface area (Å²) >= 11 is 6.04. The molecule has 2 aromatic carbocycles. The first-order chi connectivity index (χ1) is 11.7. The van der Waals surface area contributed by atoms with Gasteiger partial charge in [-0.1, -0.05) is 48.0 Å². The molecule has 0 unspecified atom stereocenters. The van der Waals surface area contributed by atoms with Crippen molar-refractivity contribution in [1.29, 1.82) is 0 Å². The molecular weight excluding hydrogens is 322 g/mol. The highest BCUT2D eigenvalue weighted by molar-refractivity contribution is 6.30. The Bertz CT molecular complexity index is 808. The predicted octanol–water partition coefficient (Wildman–Crippen LogP) is 4.23. The summed E-state index contributed by atoms with van der Waals surface area (Å²) in [6.45, 7) is 2.75. The molecule has 122 valence electrons. The lowest BCUT2D eigenvalue weighted by atomic mass is 10.1. The molecule has 0 saturated heterocycles. The lowest BCUT2D eigenvalue weighted by Gasteiger charge is -2.10. The maximum atomic E-state index is 6.04. The van der Waals surface area contributed by atoms with Gasteiger partial charge in [-0.2, -0.15) is 10.1 Å². The van der Waals surface area contributed by atoms with E-state index < -0.39 is 0 Å². The molecule has 1 aromatic heterocycles. The molecule has 1 heterocycles. The maximum absolute atomic E-state index is 6.04. The van der Waals surface area contributed by atoms with E-state index in [2.05, 4.69) is 37.9 Å². The summed E-state index contributed by atoms with van der Waals surface area (Å²) in [6.07, 6.45) is 2.48. The van der Waals surface area contributed by atoms with Gasteiger partial charge in [-0.3, -0.25) is 0 Å². The number of anilines is 3. The second-order valence-electron chi connectivity index (χ2n) is 5.41. The first-order valence-electron chi connectivity index (χ1n) is 7.71. The summed E-state index contributed by atoms with van der Waals surface area (Å²) in [4.78, 5) is 4.43. The van der Waals surface area contributed by atoms with E-state index in [1.54, 1.807) is 6.20 Å². The second kappa shape index (κ2) is 7.75. The third kappa shape index (κ3) is 4.43.